The average Bonchev–Trinajstić information content (AvgIpc) is 3.62. The normalized spacial score (nSPS) is 18.0. The molecular formula is C31H35N5O6S2Si. The second-order valence-electron chi connectivity index (χ2n) is 12.4. The first-order valence-electron chi connectivity index (χ1n) is 14.7. The highest BCUT2D eigenvalue weighted by molar-refractivity contribution is 7.92. The van der Waals surface area contributed by atoms with Crippen LogP contribution in [0.5, 0.6) is 0 Å². The number of carbonyl (C=O) groups is 1. The number of nitrogens with zero attached hydrogens (tertiary/aromatic N) is 4. The largest absolute Gasteiger partial charge is 0.436 e. The Hall–Kier alpha value is -3.74. The maximum Gasteiger partial charge on any atom is 0.309 e. The summed E-state index contributed by atoms with van der Waals surface area (Å²) >= 11 is 0. The summed E-state index contributed by atoms with van der Waals surface area (Å²) in [5.74, 6) is 3.40. The van der Waals surface area contributed by atoms with Crippen LogP contribution < -0.4 is 5.32 Å². The fourth-order valence-electron chi connectivity index (χ4n) is 5.43. The molecule has 1 N–H and O–H groups in total. The summed E-state index contributed by atoms with van der Waals surface area (Å²) in [6, 6.07) is 14.4. The highest BCUT2D eigenvalue weighted by Gasteiger charge is 2.37. The zero-order valence-electron chi connectivity index (χ0n) is 25.6. The van der Waals surface area contributed by atoms with E-state index < -0.39 is 34.0 Å². The first kappa shape index (κ1) is 31.2. The van der Waals surface area contributed by atoms with Gasteiger partial charge in [-0.05, 0) is 43.3 Å². The van der Waals surface area contributed by atoms with E-state index in [0.29, 0.717) is 29.7 Å². The Balaban J connectivity index is 1.33. The molecule has 1 unspecified atom stereocenters. The van der Waals surface area contributed by atoms with Gasteiger partial charge in [0.15, 0.2) is 5.03 Å². The van der Waals surface area contributed by atoms with Gasteiger partial charge in [-0.3, -0.25) is 4.79 Å². The van der Waals surface area contributed by atoms with Gasteiger partial charge in [0, 0.05) is 49.6 Å². The van der Waals surface area contributed by atoms with Crippen LogP contribution in [0.3, 0.4) is 0 Å². The lowest BCUT2D eigenvalue weighted by atomic mass is 10.1. The van der Waals surface area contributed by atoms with Crippen molar-refractivity contribution in [2.24, 2.45) is 0 Å². The number of rotatable bonds is 5. The van der Waals surface area contributed by atoms with Gasteiger partial charge in [0.2, 0.25) is 0 Å². The van der Waals surface area contributed by atoms with E-state index in [4.69, 9.17) is 4.42 Å². The molecule has 6 rings (SSSR count). The number of fused-ring (bicyclic) bond motifs is 2. The molecule has 2 aliphatic heterocycles. The van der Waals surface area contributed by atoms with Crippen LogP contribution in [0, 0.1) is 11.5 Å². The smallest absolute Gasteiger partial charge is 0.309 e. The molecule has 2 aliphatic rings. The minimum Gasteiger partial charge on any atom is -0.436 e. The van der Waals surface area contributed by atoms with Gasteiger partial charge >= 0.3 is 5.91 Å². The fourth-order valence-corrected chi connectivity index (χ4v) is 9.44. The summed E-state index contributed by atoms with van der Waals surface area (Å²) < 4.78 is 64.2. The molecular weight excluding hydrogens is 631 g/mol. The first-order valence-corrected chi connectivity index (χ1v) is 21.1. The van der Waals surface area contributed by atoms with Crippen molar-refractivity contribution < 1.29 is 26.0 Å². The molecule has 1 saturated heterocycles. The van der Waals surface area contributed by atoms with Gasteiger partial charge in [-0.25, -0.2) is 25.8 Å². The lowest BCUT2D eigenvalue weighted by molar-refractivity contribution is 0.0655. The third kappa shape index (κ3) is 6.10. The topological polar surface area (TPSA) is 135 Å². The van der Waals surface area contributed by atoms with Crippen molar-refractivity contribution in [1.82, 2.24) is 23.5 Å². The number of carbonyl (C=O) groups excluding carboxylic acids is 1. The highest BCUT2D eigenvalue weighted by Crippen LogP contribution is 2.31. The second-order valence-corrected chi connectivity index (χ2v) is 20.8. The zero-order chi connectivity index (χ0) is 32.1. The molecule has 4 heterocycles. The molecule has 0 saturated carbocycles. The number of hydrogen-bond donors (Lipinski definition) is 1. The molecule has 45 heavy (non-hydrogen) atoms. The van der Waals surface area contributed by atoms with Crippen LogP contribution in [0.4, 0.5) is 0 Å². The summed E-state index contributed by atoms with van der Waals surface area (Å²) in [7, 11) is -10.3. The SMILES string of the molecule is CC1Cc2nc(C(=O)N3CCN(S(=O)(=O)c4cc5cc(C#C[Si](C)(C)C)ccc5n4S(=O)(=O)c4ccccc4)CC3)oc2CN1. The molecule has 1 atom stereocenters. The van der Waals surface area contributed by atoms with Crippen LogP contribution in [-0.2, 0) is 33.0 Å². The van der Waals surface area contributed by atoms with Crippen LogP contribution >= 0.6 is 0 Å². The minimum atomic E-state index is -4.31. The quantitative estimate of drug-likeness (QED) is 0.254. The van der Waals surface area contributed by atoms with Crippen molar-refractivity contribution in [2.45, 2.75) is 55.5 Å². The average molecular weight is 666 g/mol. The molecule has 14 heteroatoms. The summed E-state index contributed by atoms with van der Waals surface area (Å²) in [5, 5.41) is 3.36. The van der Waals surface area contributed by atoms with Gasteiger partial charge in [0.05, 0.1) is 22.7 Å². The summed E-state index contributed by atoms with van der Waals surface area (Å²) in [4.78, 5) is 19.1. The van der Waals surface area contributed by atoms with E-state index in [2.05, 4.69) is 41.4 Å². The number of nitrogens with one attached hydrogen (secondary N) is 1. The first-order chi connectivity index (χ1) is 21.2. The third-order valence-electron chi connectivity index (χ3n) is 7.79. The van der Waals surface area contributed by atoms with Crippen molar-refractivity contribution in [2.75, 3.05) is 26.2 Å². The van der Waals surface area contributed by atoms with Gasteiger partial charge in [0.1, 0.15) is 13.8 Å². The van der Waals surface area contributed by atoms with Gasteiger partial charge in [-0.15, -0.1) is 5.54 Å². The standard InChI is InChI=1S/C31H35N5O6S2Si/c1-22-18-26-28(21-32-22)42-30(33-26)31(37)34-13-15-35(16-14-34)44(40,41)29-20-24-19-23(12-17-45(2,3)4)10-11-27(24)36(29)43(38,39)25-8-6-5-7-9-25/h5-11,19-20,22,32H,13-16,18,21H2,1-4H3. The van der Waals surface area contributed by atoms with E-state index in [9.17, 15) is 21.6 Å². The number of sulfonamides is 1. The maximum atomic E-state index is 14.2. The summed E-state index contributed by atoms with van der Waals surface area (Å²) in [6.45, 7) is 9.05. The molecule has 11 nitrogen and oxygen atoms in total. The molecule has 2 aromatic carbocycles. The van der Waals surface area contributed by atoms with E-state index in [0.717, 1.165) is 9.67 Å². The van der Waals surface area contributed by atoms with Crippen molar-refractivity contribution >= 4 is 44.9 Å². The van der Waals surface area contributed by atoms with Crippen LogP contribution in [0.25, 0.3) is 10.9 Å². The molecule has 236 valence electrons. The Labute approximate surface area is 264 Å². The predicted octanol–water partition coefficient (Wildman–Crippen LogP) is 3.28. The van der Waals surface area contributed by atoms with Crippen molar-refractivity contribution in [1.29, 1.82) is 0 Å². The molecule has 0 spiro atoms. The number of amides is 1. The molecule has 2 aromatic heterocycles. The van der Waals surface area contributed by atoms with Crippen LogP contribution in [0.15, 0.2) is 68.9 Å². The highest BCUT2D eigenvalue weighted by atomic mass is 32.2. The maximum absolute atomic E-state index is 14.2. The molecule has 4 aromatic rings. The van der Waals surface area contributed by atoms with Gasteiger partial charge in [-0.2, -0.15) is 4.31 Å². The second kappa shape index (κ2) is 11.6. The van der Waals surface area contributed by atoms with Crippen molar-refractivity contribution in [3.05, 3.63) is 77.5 Å². The van der Waals surface area contributed by atoms with Crippen LogP contribution in [0.1, 0.15) is 34.6 Å². The molecule has 1 fully saturated rings. The van der Waals surface area contributed by atoms with E-state index in [1.165, 1.54) is 27.4 Å². The summed E-state index contributed by atoms with van der Waals surface area (Å²) in [6.07, 6.45) is 0.657. The molecule has 0 radical (unpaired) electrons. The third-order valence-corrected chi connectivity index (χ3v) is 12.4. The van der Waals surface area contributed by atoms with Gasteiger partial charge in [-0.1, -0.05) is 43.8 Å². The number of oxazole rings is 1. The van der Waals surface area contributed by atoms with Crippen LogP contribution in [-0.4, -0.2) is 81.2 Å². The van der Waals surface area contributed by atoms with E-state index in [1.807, 2.05) is 6.92 Å². The monoisotopic (exact) mass is 665 g/mol. The predicted molar refractivity (Wildman–Crippen MR) is 172 cm³/mol. The van der Waals surface area contributed by atoms with E-state index in [-0.39, 0.29) is 53.5 Å². The Morgan fingerprint density at radius 2 is 1.69 bits per heavy atom. The lowest BCUT2D eigenvalue weighted by Crippen LogP contribution is -2.50. The van der Waals surface area contributed by atoms with E-state index >= 15 is 0 Å². The lowest BCUT2D eigenvalue weighted by Gasteiger charge is -2.33. The Kier molecular flexibility index (Phi) is 8.03. The number of piperazine rings is 1. The number of benzene rings is 2. The Bertz CT molecular complexity index is 2060. The van der Waals surface area contributed by atoms with E-state index in [1.54, 1.807) is 36.4 Å². The Morgan fingerprint density at radius 3 is 2.38 bits per heavy atom. The molecule has 0 bridgehead atoms. The van der Waals surface area contributed by atoms with Crippen molar-refractivity contribution in [3.63, 3.8) is 0 Å². The molecule has 0 aliphatic carbocycles. The fraction of sp³-hybridized carbons (Fsp3) is 0.355. The van der Waals surface area contributed by atoms with Gasteiger partial charge < -0.3 is 14.6 Å². The van der Waals surface area contributed by atoms with Gasteiger partial charge in [0.25, 0.3) is 25.9 Å². The minimum absolute atomic E-state index is 0.00526. The Morgan fingerprint density at radius 1 is 0.978 bits per heavy atom. The zero-order valence-corrected chi connectivity index (χ0v) is 28.2. The summed E-state index contributed by atoms with van der Waals surface area (Å²) in [5.41, 5.74) is 4.96. The number of aromatic nitrogens is 2. The van der Waals surface area contributed by atoms with Crippen molar-refractivity contribution in [3.8, 4) is 11.5 Å². The number of hydrogen-bond acceptors (Lipinski definition) is 8. The molecule has 1 amide bonds. The van der Waals surface area contributed by atoms with Crippen LogP contribution in [0.2, 0.25) is 19.6 Å².